The van der Waals surface area contributed by atoms with Crippen LogP contribution in [0.25, 0.3) is 0 Å². The Morgan fingerprint density at radius 3 is 1.14 bits per heavy atom. The molecule has 0 fully saturated rings. The first-order valence-corrected chi connectivity index (χ1v) is 2.10. The molecule has 0 aromatic rings. The molecule has 0 saturated heterocycles. The van der Waals surface area contributed by atoms with E-state index in [2.05, 4.69) is 0 Å². The molecule has 0 amide bonds. The Labute approximate surface area is 64.5 Å². The van der Waals surface area contributed by atoms with Crippen molar-refractivity contribution in [2.45, 2.75) is 0 Å². The molecule has 0 spiro atoms. The molecule has 0 bridgehead atoms. The van der Waals surface area contributed by atoms with Crippen LogP contribution in [0, 0.1) is 0 Å². The summed E-state index contributed by atoms with van der Waals surface area (Å²) in [5.41, 5.74) is 0. The second-order valence-electron chi connectivity index (χ2n) is 0.448. The molecule has 0 heterocycles. The van der Waals surface area contributed by atoms with Crippen LogP contribution in [0.2, 0.25) is 0 Å². The van der Waals surface area contributed by atoms with Crippen molar-refractivity contribution in [3.8, 4) is 0 Å². The maximum absolute atomic E-state index is 8.74. The maximum atomic E-state index is 8.74. The molecule has 0 aliphatic carbocycles. The number of hydrogen-bond donors (Lipinski definition) is 2. The van der Waals surface area contributed by atoms with Crippen LogP contribution in [0.5, 0.6) is 0 Å². The molecule has 0 rings (SSSR count). The molecule has 0 unspecified atom stereocenters. The summed E-state index contributed by atoms with van der Waals surface area (Å²) in [6.07, 6.45) is 0. The molecule has 0 aliphatic heterocycles. The van der Waals surface area contributed by atoms with Gasteiger partial charge in [-0.1, -0.05) is 0 Å². The van der Waals surface area contributed by atoms with Gasteiger partial charge in [0.05, 0.1) is 0 Å². The Hall–Kier alpha value is 0.986. The van der Waals surface area contributed by atoms with Crippen molar-refractivity contribution >= 4 is 46.9 Å². The molecular formula is H2MgO4S2. The SMILES string of the molecule is O=S(=O)(O)O.[Mg+2].[S-2]. The van der Waals surface area contributed by atoms with Gasteiger partial charge in [-0.3, -0.25) is 9.11 Å². The predicted molar refractivity (Wildman–Crippen MR) is 27.3 cm³/mol. The van der Waals surface area contributed by atoms with Crippen LogP contribution in [-0.4, -0.2) is 40.6 Å². The summed E-state index contributed by atoms with van der Waals surface area (Å²) < 4.78 is 31.6. The summed E-state index contributed by atoms with van der Waals surface area (Å²) in [6, 6.07) is 0. The van der Waals surface area contributed by atoms with E-state index in [4.69, 9.17) is 17.5 Å². The summed E-state index contributed by atoms with van der Waals surface area (Å²) in [4.78, 5) is 0. The van der Waals surface area contributed by atoms with Gasteiger partial charge in [0.2, 0.25) is 0 Å². The Morgan fingerprint density at radius 1 is 1.14 bits per heavy atom. The van der Waals surface area contributed by atoms with Crippen LogP contribution in [0.4, 0.5) is 0 Å². The van der Waals surface area contributed by atoms with Crippen LogP contribution in [0.1, 0.15) is 0 Å². The van der Waals surface area contributed by atoms with Gasteiger partial charge in [0.1, 0.15) is 0 Å². The molecule has 0 radical (unpaired) electrons. The monoisotopic (exact) mass is 154 g/mol. The minimum Gasteiger partial charge on any atom is -2.00 e. The minimum atomic E-state index is -4.67. The zero-order valence-electron chi connectivity index (χ0n) is 3.23. The quantitative estimate of drug-likeness (QED) is 0.345. The molecule has 0 saturated carbocycles. The van der Waals surface area contributed by atoms with E-state index >= 15 is 0 Å². The third kappa shape index (κ3) is 179. The van der Waals surface area contributed by atoms with Gasteiger partial charge in [-0.15, -0.1) is 0 Å². The van der Waals surface area contributed by atoms with Crippen molar-refractivity contribution < 1.29 is 17.5 Å². The van der Waals surface area contributed by atoms with Crippen LogP contribution in [0.15, 0.2) is 0 Å². The van der Waals surface area contributed by atoms with Gasteiger partial charge < -0.3 is 13.5 Å². The minimum absolute atomic E-state index is 0. The summed E-state index contributed by atoms with van der Waals surface area (Å²) in [5.74, 6) is 0. The van der Waals surface area contributed by atoms with Crippen molar-refractivity contribution in [2.24, 2.45) is 0 Å². The van der Waals surface area contributed by atoms with Crippen molar-refractivity contribution in [3.63, 3.8) is 0 Å². The Kier molecular flexibility index (Phi) is 11.5. The first-order chi connectivity index (χ1) is 2.00. The fourth-order valence-electron chi connectivity index (χ4n) is 0. The standard InChI is InChI=1S/Mg.H2O4S.S/c;1-5(2,3)4;/h;(H2,1,2,3,4);/q+2;;-2. The van der Waals surface area contributed by atoms with Crippen LogP contribution in [-0.2, 0) is 23.9 Å². The normalized spacial score (nSPS) is 8.29. The van der Waals surface area contributed by atoms with E-state index in [9.17, 15) is 0 Å². The molecule has 0 atom stereocenters. The van der Waals surface area contributed by atoms with Crippen molar-refractivity contribution in [2.75, 3.05) is 0 Å². The largest absolute Gasteiger partial charge is 2.00 e. The number of hydrogen-bond acceptors (Lipinski definition) is 2. The van der Waals surface area contributed by atoms with Gasteiger partial charge in [0.25, 0.3) is 0 Å². The Bertz CT molecular complexity index is 92.9. The zero-order valence-corrected chi connectivity index (χ0v) is 6.28. The van der Waals surface area contributed by atoms with Gasteiger partial charge in [-0.2, -0.15) is 8.42 Å². The van der Waals surface area contributed by atoms with Crippen molar-refractivity contribution in [1.82, 2.24) is 0 Å². The van der Waals surface area contributed by atoms with Gasteiger partial charge in [0, 0.05) is 0 Å². The van der Waals surface area contributed by atoms with E-state index in [1.165, 1.54) is 0 Å². The molecule has 7 heavy (non-hydrogen) atoms. The topological polar surface area (TPSA) is 74.6 Å². The summed E-state index contributed by atoms with van der Waals surface area (Å²) in [7, 11) is -4.67. The van der Waals surface area contributed by atoms with Crippen LogP contribution in [0.3, 0.4) is 0 Å². The molecule has 0 aromatic carbocycles. The Morgan fingerprint density at radius 2 is 1.14 bits per heavy atom. The van der Waals surface area contributed by atoms with E-state index in [0.717, 1.165) is 0 Å². The van der Waals surface area contributed by atoms with E-state index in [1.54, 1.807) is 0 Å². The molecule has 4 nitrogen and oxygen atoms in total. The van der Waals surface area contributed by atoms with E-state index in [1.807, 2.05) is 0 Å². The fraction of sp³-hybridized carbons (Fsp3) is 0. The third-order valence-corrected chi connectivity index (χ3v) is 0. The molecular weight excluding hydrogens is 152 g/mol. The second kappa shape index (κ2) is 5.13. The van der Waals surface area contributed by atoms with Gasteiger partial charge in [-0.25, -0.2) is 0 Å². The Balaban J connectivity index is -0.0000000800. The third-order valence-electron chi connectivity index (χ3n) is 0. The smallest absolute Gasteiger partial charge is 2.00 e. The summed E-state index contributed by atoms with van der Waals surface area (Å²) in [5, 5.41) is 0. The van der Waals surface area contributed by atoms with Crippen molar-refractivity contribution in [3.05, 3.63) is 0 Å². The van der Waals surface area contributed by atoms with E-state index in [0.29, 0.717) is 0 Å². The second-order valence-corrected chi connectivity index (χ2v) is 1.34. The fourth-order valence-corrected chi connectivity index (χ4v) is 0. The molecule has 7 heteroatoms. The molecule has 0 aliphatic rings. The predicted octanol–water partition coefficient (Wildman–Crippen LogP) is -1.04. The van der Waals surface area contributed by atoms with Crippen LogP contribution >= 0.6 is 0 Å². The molecule has 40 valence electrons. The van der Waals surface area contributed by atoms with Crippen LogP contribution < -0.4 is 0 Å². The van der Waals surface area contributed by atoms with Gasteiger partial charge >= 0.3 is 33.5 Å². The summed E-state index contributed by atoms with van der Waals surface area (Å²) >= 11 is 0. The zero-order chi connectivity index (χ0) is 4.50. The summed E-state index contributed by atoms with van der Waals surface area (Å²) in [6.45, 7) is 0. The molecule has 2 N–H and O–H groups in total. The first-order valence-electron chi connectivity index (χ1n) is 0.698. The first kappa shape index (κ1) is 15.7. The van der Waals surface area contributed by atoms with E-state index < -0.39 is 10.4 Å². The molecule has 0 aromatic heterocycles. The average Bonchev–Trinajstić information content (AvgIpc) is 0.722. The number of rotatable bonds is 0. The average molecular weight is 154 g/mol. The van der Waals surface area contributed by atoms with Gasteiger partial charge in [0.15, 0.2) is 0 Å². The van der Waals surface area contributed by atoms with E-state index in [-0.39, 0.29) is 36.5 Å². The maximum Gasteiger partial charge on any atom is 2.00 e. The van der Waals surface area contributed by atoms with Gasteiger partial charge in [-0.05, 0) is 0 Å². The van der Waals surface area contributed by atoms with Crippen molar-refractivity contribution in [1.29, 1.82) is 0 Å².